The van der Waals surface area contributed by atoms with Crippen molar-refractivity contribution in [2.75, 3.05) is 14.1 Å². The Balaban J connectivity index is 1.80. The first-order valence-corrected chi connectivity index (χ1v) is 13.6. The van der Waals surface area contributed by atoms with Crippen molar-refractivity contribution in [3.63, 3.8) is 0 Å². The average molecular weight is 550 g/mol. The standard InChI is InChI=1S/C31H43N5O4/c1-18(2)27(36(7)29(39)23(32)16-20-17-34-24-11-9-8-10-21(20)24)30(40)35(6)25(28(33)38)15-19-12-13-26(37)22(14-19)31(3,4)5/h8-14,17-18,23,25,27,34,37H,15-16,32H2,1-7H3,(H2,33,38)/t23?,25?,27-/m0/s1. The van der Waals surface area contributed by atoms with E-state index in [1.807, 2.05) is 71.1 Å². The number of primary amides is 1. The molecule has 0 radical (unpaired) electrons. The highest BCUT2D eigenvalue weighted by atomic mass is 16.3. The number of H-pyrrole nitrogens is 1. The zero-order chi connectivity index (χ0) is 29.9. The molecule has 40 heavy (non-hydrogen) atoms. The molecule has 0 aliphatic heterocycles. The SMILES string of the molecule is CC(C)[C@@H](C(=O)N(C)C(Cc1ccc(O)c(C(C)(C)C)c1)C(N)=O)N(C)C(=O)C(N)Cc1c[nH]c2ccccc12. The van der Waals surface area contributed by atoms with Gasteiger partial charge in [-0.3, -0.25) is 14.4 Å². The van der Waals surface area contributed by atoms with E-state index in [1.165, 1.54) is 16.8 Å². The van der Waals surface area contributed by atoms with Gasteiger partial charge in [-0.2, -0.15) is 0 Å². The van der Waals surface area contributed by atoms with E-state index >= 15 is 0 Å². The maximum atomic E-state index is 13.8. The van der Waals surface area contributed by atoms with Gasteiger partial charge in [-0.25, -0.2) is 0 Å². The van der Waals surface area contributed by atoms with Crippen LogP contribution in [0, 0.1) is 5.92 Å². The van der Waals surface area contributed by atoms with Crippen molar-refractivity contribution >= 4 is 28.6 Å². The number of para-hydroxylation sites is 1. The molecule has 3 rings (SSSR count). The Labute approximate surface area is 236 Å². The van der Waals surface area contributed by atoms with Gasteiger partial charge < -0.3 is 31.4 Å². The first-order chi connectivity index (χ1) is 18.6. The molecule has 9 heteroatoms. The third-order valence-corrected chi connectivity index (χ3v) is 7.52. The number of carbonyl (C=O) groups is 3. The number of amides is 3. The number of phenols is 1. The lowest BCUT2D eigenvalue weighted by Gasteiger charge is -2.36. The quantitative estimate of drug-likeness (QED) is 0.307. The number of rotatable bonds is 10. The van der Waals surface area contributed by atoms with Crippen molar-refractivity contribution in [3.8, 4) is 5.75 Å². The smallest absolute Gasteiger partial charge is 0.246 e. The maximum Gasteiger partial charge on any atom is 0.246 e. The van der Waals surface area contributed by atoms with Gasteiger partial charge in [0, 0.05) is 37.6 Å². The molecular weight excluding hydrogens is 506 g/mol. The monoisotopic (exact) mass is 549 g/mol. The molecule has 2 unspecified atom stereocenters. The molecular formula is C31H43N5O4. The van der Waals surface area contributed by atoms with Crippen LogP contribution in [0.15, 0.2) is 48.7 Å². The van der Waals surface area contributed by atoms with Crippen LogP contribution in [-0.2, 0) is 32.6 Å². The number of fused-ring (bicyclic) bond motifs is 1. The third-order valence-electron chi connectivity index (χ3n) is 7.52. The molecule has 0 aliphatic rings. The number of hydrogen-bond donors (Lipinski definition) is 4. The Morgan fingerprint density at radius 3 is 2.23 bits per heavy atom. The number of nitrogens with zero attached hydrogens (tertiary/aromatic N) is 2. The summed E-state index contributed by atoms with van der Waals surface area (Å²) >= 11 is 0. The van der Waals surface area contributed by atoms with E-state index in [-0.39, 0.29) is 29.4 Å². The lowest BCUT2D eigenvalue weighted by Crippen LogP contribution is -2.58. The Bertz CT molecular complexity index is 1370. The summed E-state index contributed by atoms with van der Waals surface area (Å²) in [5, 5.41) is 11.3. The third kappa shape index (κ3) is 6.65. The minimum Gasteiger partial charge on any atom is -0.508 e. The summed E-state index contributed by atoms with van der Waals surface area (Å²) in [6.07, 6.45) is 2.33. The molecule has 2 aromatic carbocycles. The van der Waals surface area contributed by atoms with Crippen LogP contribution in [0.1, 0.15) is 51.3 Å². The number of hydrogen-bond acceptors (Lipinski definition) is 5. The van der Waals surface area contributed by atoms with Crippen LogP contribution >= 0.6 is 0 Å². The zero-order valence-electron chi connectivity index (χ0n) is 24.6. The molecule has 3 aromatic rings. The first kappa shape index (κ1) is 30.7. The Morgan fingerprint density at radius 1 is 0.975 bits per heavy atom. The minimum absolute atomic E-state index is 0.167. The first-order valence-electron chi connectivity index (χ1n) is 13.6. The summed E-state index contributed by atoms with van der Waals surface area (Å²) in [4.78, 5) is 45.7. The molecule has 6 N–H and O–H groups in total. The predicted molar refractivity (Wildman–Crippen MR) is 158 cm³/mol. The molecule has 3 atom stereocenters. The van der Waals surface area contributed by atoms with E-state index in [9.17, 15) is 19.5 Å². The van der Waals surface area contributed by atoms with Gasteiger partial charge in [-0.1, -0.05) is 65.0 Å². The number of aromatic nitrogens is 1. The van der Waals surface area contributed by atoms with Gasteiger partial charge >= 0.3 is 0 Å². The second-order valence-corrected chi connectivity index (χ2v) is 12.0. The number of phenolic OH excluding ortho intramolecular Hbond substituents is 1. The fourth-order valence-electron chi connectivity index (χ4n) is 5.25. The highest BCUT2D eigenvalue weighted by Crippen LogP contribution is 2.32. The molecule has 0 aliphatic carbocycles. The molecule has 0 fully saturated rings. The number of nitrogens with one attached hydrogen (secondary N) is 1. The zero-order valence-corrected chi connectivity index (χ0v) is 24.6. The molecule has 3 amide bonds. The number of nitrogens with two attached hydrogens (primary N) is 2. The normalized spacial score (nSPS) is 14.1. The van der Waals surface area contributed by atoms with Crippen LogP contribution in [0.3, 0.4) is 0 Å². The van der Waals surface area contributed by atoms with Crippen molar-refractivity contribution < 1.29 is 19.5 Å². The van der Waals surface area contributed by atoms with Gasteiger partial charge in [0.1, 0.15) is 17.8 Å². The largest absolute Gasteiger partial charge is 0.508 e. The molecule has 0 spiro atoms. The van der Waals surface area contributed by atoms with E-state index in [4.69, 9.17) is 11.5 Å². The Hall–Kier alpha value is -3.85. The number of likely N-dealkylation sites (N-methyl/N-ethyl adjacent to an activating group) is 2. The van der Waals surface area contributed by atoms with Crippen LogP contribution < -0.4 is 11.5 Å². The van der Waals surface area contributed by atoms with Crippen molar-refractivity contribution in [2.45, 2.75) is 71.0 Å². The van der Waals surface area contributed by atoms with Gasteiger partial charge in [0.05, 0.1) is 6.04 Å². The summed E-state index contributed by atoms with van der Waals surface area (Å²) < 4.78 is 0. The molecule has 0 bridgehead atoms. The summed E-state index contributed by atoms with van der Waals surface area (Å²) in [5.74, 6) is -1.51. The van der Waals surface area contributed by atoms with E-state index in [0.29, 0.717) is 6.42 Å². The molecule has 0 saturated carbocycles. The van der Waals surface area contributed by atoms with E-state index < -0.39 is 29.9 Å². The van der Waals surface area contributed by atoms with Crippen LogP contribution in [-0.4, -0.2) is 69.8 Å². The van der Waals surface area contributed by atoms with Crippen LogP contribution in [0.4, 0.5) is 0 Å². The summed E-state index contributed by atoms with van der Waals surface area (Å²) in [5.41, 5.74) is 15.2. The van der Waals surface area contributed by atoms with Gasteiger partial charge in [-0.05, 0) is 46.6 Å². The van der Waals surface area contributed by atoms with Crippen LogP contribution in [0.2, 0.25) is 0 Å². The van der Waals surface area contributed by atoms with Crippen molar-refractivity contribution in [1.82, 2.24) is 14.8 Å². The van der Waals surface area contributed by atoms with Crippen molar-refractivity contribution in [3.05, 3.63) is 65.4 Å². The van der Waals surface area contributed by atoms with Gasteiger partial charge in [0.25, 0.3) is 0 Å². The molecule has 0 saturated heterocycles. The second kappa shape index (κ2) is 12.1. The topological polar surface area (TPSA) is 146 Å². The lowest BCUT2D eigenvalue weighted by atomic mass is 9.84. The predicted octanol–water partition coefficient (Wildman–Crippen LogP) is 3.08. The summed E-state index contributed by atoms with van der Waals surface area (Å²) in [6.45, 7) is 9.64. The van der Waals surface area contributed by atoms with Crippen molar-refractivity contribution in [2.24, 2.45) is 17.4 Å². The number of benzene rings is 2. The summed E-state index contributed by atoms with van der Waals surface area (Å²) in [7, 11) is 3.10. The number of carbonyl (C=O) groups excluding carboxylic acids is 3. The van der Waals surface area contributed by atoms with Crippen molar-refractivity contribution in [1.29, 1.82) is 0 Å². The van der Waals surface area contributed by atoms with E-state index in [0.717, 1.165) is 27.6 Å². The van der Waals surface area contributed by atoms with Crippen LogP contribution in [0.25, 0.3) is 10.9 Å². The van der Waals surface area contributed by atoms with E-state index in [2.05, 4.69) is 4.98 Å². The number of aromatic hydroxyl groups is 1. The average Bonchev–Trinajstić information content (AvgIpc) is 3.28. The number of aromatic amines is 1. The molecule has 1 aromatic heterocycles. The maximum absolute atomic E-state index is 13.8. The Morgan fingerprint density at radius 2 is 1.62 bits per heavy atom. The highest BCUT2D eigenvalue weighted by Gasteiger charge is 2.37. The second-order valence-electron chi connectivity index (χ2n) is 12.0. The highest BCUT2D eigenvalue weighted by molar-refractivity contribution is 5.93. The Kier molecular flexibility index (Phi) is 9.30. The molecule has 9 nitrogen and oxygen atoms in total. The lowest BCUT2D eigenvalue weighted by molar-refractivity contribution is -0.149. The van der Waals surface area contributed by atoms with E-state index in [1.54, 1.807) is 19.2 Å². The van der Waals surface area contributed by atoms with Gasteiger partial charge in [-0.15, -0.1) is 0 Å². The van der Waals surface area contributed by atoms with Gasteiger partial charge in [0.15, 0.2) is 0 Å². The fraction of sp³-hybridized carbons (Fsp3) is 0.452. The fourth-order valence-corrected chi connectivity index (χ4v) is 5.25. The van der Waals surface area contributed by atoms with Crippen LogP contribution in [0.5, 0.6) is 5.75 Å². The summed E-state index contributed by atoms with van der Waals surface area (Å²) in [6, 6.07) is 10.3. The minimum atomic E-state index is -0.950. The molecule has 1 heterocycles. The van der Waals surface area contributed by atoms with Gasteiger partial charge in [0.2, 0.25) is 17.7 Å². The molecule has 216 valence electrons.